The number of hydrogen-bond acceptors (Lipinski definition) is 6. The molecule has 0 aliphatic carbocycles. The van der Waals surface area contributed by atoms with Crippen molar-refractivity contribution >= 4 is 51.3 Å². The number of anilines is 2. The summed E-state index contributed by atoms with van der Waals surface area (Å²) < 4.78 is 20.1. The largest absolute Gasteiger partial charge is 0.478 e. The number of amides is 1. The van der Waals surface area contributed by atoms with Gasteiger partial charge in [0.25, 0.3) is 0 Å². The molecule has 1 heterocycles. The minimum absolute atomic E-state index is 0.129. The third-order valence-corrected chi connectivity index (χ3v) is 8.46. The first-order chi connectivity index (χ1) is 18.8. The summed E-state index contributed by atoms with van der Waals surface area (Å²) in [5, 5.41) is 13.7. The Morgan fingerprint density at radius 2 is 1.95 bits per heavy atom. The Hall–Kier alpha value is -3.60. The summed E-state index contributed by atoms with van der Waals surface area (Å²) in [6.07, 6.45) is 3.03. The lowest BCUT2D eigenvalue weighted by Gasteiger charge is -2.31. The van der Waals surface area contributed by atoms with Crippen molar-refractivity contribution in [3.05, 3.63) is 65.7 Å². The monoisotopic (exact) mass is 551 g/mol. The minimum Gasteiger partial charge on any atom is -0.478 e. The van der Waals surface area contributed by atoms with Crippen LogP contribution in [0.2, 0.25) is 0 Å². The first-order valence-electron chi connectivity index (χ1n) is 12.9. The van der Waals surface area contributed by atoms with Crippen molar-refractivity contribution in [3.63, 3.8) is 0 Å². The van der Waals surface area contributed by atoms with Gasteiger partial charge in [-0.15, -0.1) is 0 Å². The van der Waals surface area contributed by atoms with E-state index in [1.54, 1.807) is 35.7 Å². The summed E-state index contributed by atoms with van der Waals surface area (Å²) in [5.41, 5.74) is 2.19. The third-order valence-electron chi connectivity index (χ3n) is 6.98. The predicted molar refractivity (Wildman–Crippen MR) is 152 cm³/mol. The van der Waals surface area contributed by atoms with Crippen molar-refractivity contribution in [1.29, 1.82) is 0 Å². The highest BCUT2D eigenvalue weighted by Crippen LogP contribution is 2.35. The van der Waals surface area contributed by atoms with Crippen LogP contribution in [0.5, 0.6) is 0 Å². The maximum absolute atomic E-state index is 13.4. The van der Waals surface area contributed by atoms with Gasteiger partial charge in [-0.3, -0.25) is 9.59 Å². The molecular formula is C29H33N3O6S. The zero-order valence-corrected chi connectivity index (χ0v) is 22.9. The molecule has 0 spiro atoms. The number of carboxylic acid groups (broad SMARTS) is 1. The zero-order valence-electron chi connectivity index (χ0n) is 22.1. The Morgan fingerprint density at radius 3 is 2.64 bits per heavy atom. The number of rotatable bonds is 11. The van der Waals surface area contributed by atoms with Gasteiger partial charge in [0.2, 0.25) is 5.91 Å². The number of carbonyl (C=O) groups excluding carboxylic acids is 2. The van der Waals surface area contributed by atoms with Crippen LogP contribution in [0.25, 0.3) is 10.8 Å². The Bertz CT molecular complexity index is 1380. The molecule has 0 radical (unpaired) electrons. The van der Waals surface area contributed by atoms with Gasteiger partial charge in [-0.1, -0.05) is 18.2 Å². The first kappa shape index (κ1) is 28.4. The number of benzene rings is 3. The van der Waals surface area contributed by atoms with Crippen LogP contribution in [0.15, 0.2) is 59.5 Å². The second kappa shape index (κ2) is 13.0. The lowest BCUT2D eigenvalue weighted by molar-refractivity contribution is -0.120. The highest BCUT2D eigenvalue weighted by Gasteiger charge is 2.30. The Morgan fingerprint density at radius 1 is 1.18 bits per heavy atom. The number of aromatic carboxylic acids is 1. The molecule has 2 atom stereocenters. The summed E-state index contributed by atoms with van der Waals surface area (Å²) in [6.45, 7) is 2.27. The van der Waals surface area contributed by atoms with Gasteiger partial charge < -0.3 is 20.1 Å². The molecule has 4 rings (SSSR count). The molecule has 1 aliphatic heterocycles. The van der Waals surface area contributed by atoms with E-state index in [4.69, 9.17) is 9.84 Å². The average molecular weight is 552 g/mol. The van der Waals surface area contributed by atoms with Crippen LogP contribution < -0.4 is 10.2 Å². The van der Waals surface area contributed by atoms with Gasteiger partial charge in [0.05, 0.1) is 16.4 Å². The average Bonchev–Trinajstić information content (AvgIpc) is 2.96. The molecule has 1 aliphatic rings. The van der Waals surface area contributed by atoms with E-state index in [9.17, 15) is 18.6 Å². The van der Waals surface area contributed by atoms with Crippen LogP contribution in [0.1, 0.15) is 40.0 Å². The number of nitrogens with one attached hydrogen (secondary N) is 1. The number of ether oxygens (including phenoxy) is 1. The van der Waals surface area contributed by atoms with Gasteiger partial charge >= 0.3 is 5.97 Å². The van der Waals surface area contributed by atoms with Gasteiger partial charge in [-0.05, 0) is 55.7 Å². The van der Waals surface area contributed by atoms with Crippen molar-refractivity contribution in [2.45, 2.75) is 24.2 Å². The molecule has 0 saturated carbocycles. The van der Waals surface area contributed by atoms with Crippen LogP contribution >= 0.6 is 0 Å². The fraction of sp³-hybridized carbons (Fsp3) is 0.345. The molecule has 3 aromatic rings. The fourth-order valence-electron chi connectivity index (χ4n) is 4.91. The van der Waals surface area contributed by atoms with Crippen molar-refractivity contribution in [2.24, 2.45) is 5.92 Å². The van der Waals surface area contributed by atoms with Crippen molar-refractivity contribution in [2.75, 3.05) is 50.6 Å². The fourth-order valence-corrected chi connectivity index (χ4v) is 6.19. The highest BCUT2D eigenvalue weighted by atomic mass is 32.2. The molecular weight excluding hydrogens is 518 g/mol. The van der Waals surface area contributed by atoms with Crippen LogP contribution in [-0.2, 0) is 20.5 Å². The number of methoxy groups -OCH3 is 1. The van der Waals surface area contributed by atoms with Gasteiger partial charge in [0, 0.05) is 68.1 Å². The second-order valence-corrected chi connectivity index (χ2v) is 11.1. The number of carbonyl (C=O) groups is 3. The Kier molecular flexibility index (Phi) is 9.45. The van der Waals surface area contributed by atoms with Gasteiger partial charge in [0.1, 0.15) is 11.0 Å². The summed E-state index contributed by atoms with van der Waals surface area (Å²) in [6, 6.07) is 15.2. The quantitative estimate of drug-likeness (QED) is 0.271. The lowest BCUT2D eigenvalue weighted by atomic mass is 9.97. The molecule has 2 N–H and O–H groups in total. The summed E-state index contributed by atoms with van der Waals surface area (Å²) in [4.78, 5) is 39.0. The SMILES string of the molecule is COCCCN(C)c1ccc(NC(=O)C2CCCN(S(=O)c3ccc(C(=O)O)cc3)C2)c2cccc(C=O)c12. The number of hydrogen-bond donors (Lipinski definition) is 2. The lowest BCUT2D eigenvalue weighted by Crippen LogP contribution is -2.41. The molecule has 39 heavy (non-hydrogen) atoms. The predicted octanol–water partition coefficient (Wildman–Crippen LogP) is 4.20. The Balaban J connectivity index is 1.52. The number of fused-ring (bicyclic) bond motifs is 1. The molecule has 0 bridgehead atoms. The van der Waals surface area contributed by atoms with E-state index in [1.165, 1.54) is 12.1 Å². The van der Waals surface area contributed by atoms with Crippen molar-refractivity contribution < 1.29 is 28.4 Å². The minimum atomic E-state index is -1.51. The first-order valence-corrected chi connectivity index (χ1v) is 14.0. The van der Waals surface area contributed by atoms with Gasteiger partial charge in [-0.2, -0.15) is 0 Å². The van der Waals surface area contributed by atoms with Gasteiger partial charge in [-0.25, -0.2) is 13.3 Å². The normalized spacial score (nSPS) is 16.5. The molecule has 9 nitrogen and oxygen atoms in total. The number of piperidine rings is 1. The van der Waals surface area contributed by atoms with Crippen molar-refractivity contribution in [3.8, 4) is 0 Å². The number of carboxylic acids is 1. The van der Waals surface area contributed by atoms with Gasteiger partial charge in [0.15, 0.2) is 6.29 Å². The van der Waals surface area contributed by atoms with Crippen LogP contribution in [0.3, 0.4) is 0 Å². The maximum atomic E-state index is 13.4. The summed E-state index contributed by atoms with van der Waals surface area (Å²) in [5.74, 6) is -1.58. The second-order valence-electron chi connectivity index (χ2n) is 9.58. The summed E-state index contributed by atoms with van der Waals surface area (Å²) >= 11 is 0. The molecule has 1 fully saturated rings. The summed E-state index contributed by atoms with van der Waals surface area (Å²) in [7, 11) is 2.13. The topological polar surface area (TPSA) is 116 Å². The van der Waals surface area contributed by atoms with E-state index >= 15 is 0 Å². The number of aldehydes is 1. The standard InChI is InChI=1S/C29H33N3O6S/c1-31(15-5-17-38-2)26-14-13-25(24-8-3-6-22(19-33)27(24)26)30-28(34)21-7-4-16-32(18-21)39(37)23-11-9-20(10-12-23)29(35)36/h3,6,8-14,19,21H,4-5,7,15-18H2,1-2H3,(H,30,34)(H,35,36). The molecule has 10 heteroatoms. The van der Waals surface area contributed by atoms with Crippen molar-refractivity contribution in [1.82, 2.24) is 4.31 Å². The number of nitrogens with zero attached hydrogens (tertiary/aromatic N) is 2. The molecule has 1 amide bonds. The van der Waals surface area contributed by atoms with E-state index in [2.05, 4.69) is 10.2 Å². The van der Waals surface area contributed by atoms with E-state index in [0.29, 0.717) is 48.7 Å². The third kappa shape index (κ3) is 6.52. The van der Waals surface area contributed by atoms with E-state index in [1.807, 2.05) is 25.2 Å². The van der Waals surface area contributed by atoms with E-state index in [-0.39, 0.29) is 17.4 Å². The van der Waals surface area contributed by atoms with E-state index < -0.39 is 17.0 Å². The molecule has 206 valence electrons. The van der Waals surface area contributed by atoms with Crippen LogP contribution in [-0.4, -0.2) is 72.2 Å². The van der Waals surface area contributed by atoms with E-state index in [0.717, 1.165) is 35.7 Å². The van der Waals surface area contributed by atoms with Crippen LogP contribution in [0.4, 0.5) is 11.4 Å². The smallest absolute Gasteiger partial charge is 0.335 e. The van der Waals surface area contributed by atoms with Crippen LogP contribution in [0, 0.1) is 5.92 Å². The molecule has 1 saturated heterocycles. The highest BCUT2D eigenvalue weighted by molar-refractivity contribution is 7.82. The molecule has 3 aromatic carbocycles. The molecule has 2 unspecified atom stereocenters. The maximum Gasteiger partial charge on any atom is 0.335 e. The Labute approximate surface area is 230 Å². The zero-order chi connectivity index (χ0) is 27.9. The molecule has 0 aromatic heterocycles.